The van der Waals surface area contributed by atoms with Crippen molar-refractivity contribution in [2.45, 2.75) is 0 Å². The van der Waals surface area contributed by atoms with Gasteiger partial charge in [-0.15, -0.1) is 12.4 Å². The molecule has 3 N–H and O–H groups in total. The van der Waals surface area contributed by atoms with Crippen LogP contribution in [-0.2, 0) is 10.0 Å². The fourth-order valence-electron chi connectivity index (χ4n) is 2.42. The Labute approximate surface area is 151 Å². The molecule has 0 aliphatic heterocycles. The van der Waals surface area contributed by atoms with Gasteiger partial charge < -0.3 is 10.3 Å². The number of aromatic nitrogens is 2. The number of fused-ring (bicyclic) bond motifs is 1. The summed E-state index contributed by atoms with van der Waals surface area (Å²) in [6, 6.07) is 8.34. The van der Waals surface area contributed by atoms with Gasteiger partial charge in [0.15, 0.2) is 0 Å². The van der Waals surface area contributed by atoms with Crippen molar-refractivity contribution >= 4 is 39.2 Å². The van der Waals surface area contributed by atoms with E-state index in [1.54, 1.807) is 12.3 Å². The van der Waals surface area contributed by atoms with Crippen LogP contribution in [0, 0.1) is 5.82 Å². The van der Waals surface area contributed by atoms with Crippen molar-refractivity contribution in [3.63, 3.8) is 0 Å². The lowest BCUT2D eigenvalue weighted by Crippen LogP contribution is -2.27. The number of hydrogen-bond acceptors (Lipinski definition) is 4. The first-order valence-electron chi connectivity index (χ1n) is 7.34. The number of anilines is 1. The van der Waals surface area contributed by atoms with Crippen molar-refractivity contribution in [3.05, 3.63) is 48.5 Å². The summed E-state index contributed by atoms with van der Waals surface area (Å²) in [4.78, 5) is 7.37. The molecule has 2 heterocycles. The molecule has 25 heavy (non-hydrogen) atoms. The summed E-state index contributed by atoms with van der Waals surface area (Å²) in [7, 11) is -3.18. The van der Waals surface area contributed by atoms with Crippen LogP contribution in [0.1, 0.15) is 0 Å². The van der Waals surface area contributed by atoms with Gasteiger partial charge in [0, 0.05) is 47.5 Å². The first-order chi connectivity index (χ1) is 11.4. The summed E-state index contributed by atoms with van der Waals surface area (Å²) in [6.45, 7) is 0.724. The number of benzene rings is 1. The van der Waals surface area contributed by atoms with Gasteiger partial charge in [0.05, 0.1) is 6.26 Å². The largest absolute Gasteiger partial charge is 0.369 e. The standard InChI is InChI=1S/C16H17FN4O2S.ClH/c1-24(22,23)21-7-6-18-16-5-2-11(9-20-16)14-10-19-15-8-12(17)3-4-13(14)15;/h2-5,8-10,19,21H,6-7H2,1H3,(H,18,20);1H. The van der Waals surface area contributed by atoms with Crippen LogP contribution < -0.4 is 10.0 Å². The lowest BCUT2D eigenvalue weighted by Gasteiger charge is -2.07. The number of nitrogens with zero attached hydrogens (tertiary/aromatic N) is 1. The molecule has 0 atom stereocenters. The number of aromatic amines is 1. The summed E-state index contributed by atoms with van der Waals surface area (Å²) in [5.41, 5.74) is 2.59. The maximum atomic E-state index is 13.2. The number of halogens is 2. The van der Waals surface area contributed by atoms with Crippen molar-refractivity contribution in [2.75, 3.05) is 24.7 Å². The van der Waals surface area contributed by atoms with Crippen molar-refractivity contribution in [1.82, 2.24) is 14.7 Å². The smallest absolute Gasteiger partial charge is 0.208 e. The normalized spacial score (nSPS) is 11.3. The number of H-pyrrole nitrogens is 1. The van der Waals surface area contributed by atoms with E-state index in [9.17, 15) is 12.8 Å². The summed E-state index contributed by atoms with van der Waals surface area (Å²) in [6.07, 6.45) is 4.66. The zero-order chi connectivity index (χ0) is 17.2. The van der Waals surface area contributed by atoms with Gasteiger partial charge in [0.25, 0.3) is 0 Å². The lowest BCUT2D eigenvalue weighted by atomic mass is 10.1. The molecular weight excluding hydrogens is 367 g/mol. The van der Waals surface area contributed by atoms with Crippen LogP contribution in [0.5, 0.6) is 0 Å². The minimum Gasteiger partial charge on any atom is -0.369 e. The minimum atomic E-state index is -3.18. The molecule has 3 aromatic rings. The number of rotatable bonds is 6. The van der Waals surface area contributed by atoms with E-state index in [-0.39, 0.29) is 24.8 Å². The van der Waals surface area contributed by atoms with E-state index >= 15 is 0 Å². The zero-order valence-electron chi connectivity index (χ0n) is 13.4. The Bertz CT molecular complexity index is 958. The average molecular weight is 385 g/mol. The molecule has 0 spiro atoms. The Hall–Kier alpha value is -2.16. The van der Waals surface area contributed by atoms with Gasteiger partial charge in [0.1, 0.15) is 11.6 Å². The molecule has 0 saturated carbocycles. The van der Waals surface area contributed by atoms with Gasteiger partial charge in [-0.05, 0) is 30.3 Å². The van der Waals surface area contributed by atoms with Crippen molar-refractivity contribution < 1.29 is 12.8 Å². The number of hydrogen-bond donors (Lipinski definition) is 3. The third kappa shape index (κ3) is 4.91. The molecule has 2 aromatic heterocycles. The van der Waals surface area contributed by atoms with Gasteiger partial charge in [-0.2, -0.15) is 0 Å². The second-order valence-corrected chi connectivity index (χ2v) is 7.25. The molecule has 0 bridgehead atoms. The van der Waals surface area contributed by atoms with Crippen LogP contribution in [0.2, 0.25) is 0 Å². The Morgan fingerprint density at radius 3 is 2.68 bits per heavy atom. The van der Waals surface area contributed by atoms with E-state index in [1.165, 1.54) is 12.1 Å². The SMILES string of the molecule is CS(=O)(=O)NCCNc1ccc(-c2c[nH]c3cc(F)ccc23)cn1.Cl. The molecule has 0 fully saturated rings. The van der Waals surface area contributed by atoms with Crippen LogP contribution in [0.25, 0.3) is 22.0 Å². The van der Waals surface area contributed by atoms with E-state index in [0.717, 1.165) is 28.3 Å². The molecule has 0 aliphatic rings. The number of pyridine rings is 1. The Morgan fingerprint density at radius 2 is 2.00 bits per heavy atom. The molecule has 9 heteroatoms. The van der Waals surface area contributed by atoms with Crippen LogP contribution in [0.3, 0.4) is 0 Å². The van der Waals surface area contributed by atoms with Crippen LogP contribution in [0.4, 0.5) is 10.2 Å². The predicted molar refractivity (Wildman–Crippen MR) is 100 cm³/mol. The van der Waals surface area contributed by atoms with E-state index < -0.39 is 10.0 Å². The maximum Gasteiger partial charge on any atom is 0.208 e. The first kappa shape index (κ1) is 19.2. The second kappa shape index (κ2) is 7.81. The minimum absolute atomic E-state index is 0. The summed E-state index contributed by atoms with van der Waals surface area (Å²) >= 11 is 0. The summed E-state index contributed by atoms with van der Waals surface area (Å²) in [5, 5.41) is 3.97. The highest BCUT2D eigenvalue weighted by molar-refractivity contribution is 7.88. The molecule has 0 radical (unpaired) electrons. The second-order valence-electron chi connectivity index (χ2n) is 5.42. The molecule has 3 rings (SSSR count). The van der Waals surface area contributed by atoms with Gasteiger partial charge in [-0.3, -0.25) is 0 Å². The van der Waals surface area contributed by atoms with Gasteiger partial charge in [-0.25, -0.2) is 22.5 Å². The quantitative estimate of drug-likeness (QED) is 0.570. The monoisotopic (exact) mass is 384 g/mol. The number of sulfonamides is 1. The van der Waals surface area contributed by atoms with E-state index in [1.807, 2.05) is 18.3 Å². The highest BCUT2D eigenvalue weighted by atomic mass is 35.5. The van der Waals surface area contributed by atoms with Crippen LogP contribution in [-0.4, -0.2) is 37.7 Å². The molecule has 6 nitrogen and oxygen atoms in total. The lowest BCUT2D eigenvalue weighted by molar-refractivity contribution is 0.589. The summed E-state index contributed by atoms with van der Waals surface area (Å²) in [5.74, 6) is 0.371. The fourth-order valence-corrected chi connectivity index (χ4v) is 2.89. The van der Waals surface area contributed by atoms with Gasteiger partial charge >= 0.3 is 0 Å². The van der Waals surface area contributed by atoms with Crippen molar-refractivity contribution in [3.8, 4) is 11.1 Å². The average Bonchev–Trinajstić information content (AvgIpc) is 2.94. The highest BCUT2D eigenvalue weighted by Gasteiger charge is 2.07. The van der Waals surface area contributed by atoms with Gasteiger partial charge in [-0.1, -0.05) is 0 Å². The molecule has 134 valence electrons. The predicted octanol–water partition coefficient (Wildman–Crippen LogP) is 2.75. The molecule has 0 aliphatic carbocycles. The third-order valence-electron chi connectivity index (χ3n) is 3.51. The number of nitrogens with one attached hydrogen (secondary N) is 3. The molecular formula is C16H18ClFN4O2S. The Balaban J connectivity index is 0.00000225. The zero-order valence-corrected chi connectivity index (χ0v) is 15.0. The molecule has 1 aromatic carbocycles. The maximum absolute atomic E-state index is 13.2. The van der Waals surface area contributed by atoms with E-state index in [2.05, 4.69) is 20.0 Å². The van der Waals surface area contributed by atoms with E-state index in [4.69, 9.17) is 0 Å². The highest BCUT2D eigenvalue weighted by Crippen LogP contribution is 2.28. The van der Waals surface area contributed by atoms with Crippen molar-refractivity contribution in [2.24, 2.45) is 0 Å². The molecule has 0 amide bonds. The van der Waals surface area contributed by atoms with Crippen LogP contribution in [0.15, 0.2) is 42.7 Å². The topological polar surface area (TPSA) is 86.9 Å². The first-order valence-corrected chi connectivity index (χ1v) is 9.23. The molecule has 0 unspecified atom stereocenters. The van der Waals surface area contributed by atoms with Crippen molar-refractivity contribution in [1.29, 1.82) is 0 Å². The Kier molecular flexibility index (Phi) is 5.99. The van der Waals surface area contributed by atoms with Gasteiger partial charge in [0.2, 0.25) is 10.0 Å². The fraction of sp³-hybridized carbons (Fsp3) is 0.188. The Morgan fingerprint density at radius 1 is 1.20 bits per heavy atom. The molecule has 0 saturated heterocycles. The summed E-state index contributed by atoms with van der Waals surface area (Å²) < 4.78 is 37.6. The third-order valence-corrected chi connectivity index (χ3v) is 4.24. The van der Waals surface area contributed by atoms with Crippen LogP contribution >= 0.6 is 12.4 Å². The van der Waals surface area contributed by atoms with E-state index in [0.29, 0.717) is 12.4 Å².